The Morgan fingerprint density at radius 3 is 3.00 bits per heavy atom. The highest BCUT2D eigenvalue weighted by atomic mass is 35.5. The second-order valence-corrected chi connectivity index (χ2v) is 4.58. The first-order valence-corrected chi connectivity index (χ1v) is 5.85. The molecule has 0 spiro atoms. The fraction of sp³-hybridized carbons (Fsp3) is 0.500. The Balaban J connectivity index is 2.50. The summed E-state index contributed by atoms with van der Waals surface area (Å²) in [5.41, 5.74) is 1.24. The van der Waals surface area contributed by atoms with Gasteiger partial charge in [0, 0.05) is 28.9 Å². The number of hydrogen-bond donors (Lipinski definition) is 0. The van der Waals surface area contributed by atoms with Crippen LogP contribution in [-0.4, -0.2) is 16.6 Å². The van der Waals surface area contributed by atoms with Gasteiger partial charge in [-0.2, -0.15) is 0 Å². The van der Waals surface area contributed by atoms with E-state index in [0.29, 0.717) is 5.92 Å². The minimum atomic E-state index is 0.569. The lowest BCUT2D eigenvalue weighted by Crippen LogP contribution is -1.99. The predicted molar refractivity (Wildman–Crippen MR) is 59.6 cm³/mol. The summed E-state index contributed by atoms with van der Waals surface area (Å²) in [5.74, 6) is 2.38. The van der Waals surface area contributed by atoms with Crippen molar-refractivity contribution in [3.8, 4) is 0 Å². The minimum Gasteiger partial charge on any atom is -0.264 e. The average Bonchev–Trinajstić information content (AvgIpc) is 2.16. The van der Waals surface area contributed by atoms with Crippen molar-refractivity contribution in [2.45, 2.75) is 18.7 Å². The summed E-state index contributed by atoms with van der Waals surface area (Å²) in [6.45, 7) is 4.25. The van der Waals surface area contributed by atoms with Crippen molar-refractivity contribution in [3.05, 3.63) is 24.0 Å². The predicted octanol–water partition coefficient (Wildman–Crippen LogP) is 3.36. The van der Waals surface area contributed by atoms with Crippen LogP contribution in [0.15, 0.2) is 23.4 Å². The van der Waals surface area contributed by atoms with Gasteiger partial charge in [0.2, 0.25) is 0 Å². The number of alkyl halides is 1. The van der Waals surface area contributed by atoms with E-state index >= 15 is 0 Å². The normalized spacial score (nSPS) is 12.8. The molecule has 0 fully saturated rings. The summed E-state index contributed by atoms with van der Waals surface area (Å²) in [6, 6.07) is 2.06. The van der Waals surface area contributed by atoms with Crippen LogP contribution in [0.5, 0.6) is 0 Å². The third-order valence-electron chi connectivity index (χ3n) is 1.76. The molecular weight excluding hydrogens is 202 g/mol. The van der Waals surface area contributed by atoms with Crippen molar-refractivity contribution in [1.29, 1.82) is 0 Å². The Bertz CT molecular complexity index is 265. The maximum absolute atomic E-state index is 5.73. The van der Waals surface area contributed by atoms with Gasteiger partial charge in [-0.1, -0.05) is 6.92 Å². The molecule has 0 radical (unpaired) electrons. The smallest absolute Gasteiger partial charge is 0.0308 e. The lowest BCUT2D eigenvalue weighted by Gasteiger charge is -2.08. The van der Waals surface area contributed by atoms with Crippen molar-refractivity contribution in [3.63, 3.8) is 0 Å². The van der Waals surface area contributed by atoms with Crippen molar-refractivity contribution in [2.75, 3.05) is 11.6 Å². The van der Waals surface area contributed by atoms with E-state index in [1.807, 2.05) is 24.2 Å². The summed E-state index contributed by atoms with van der Waals surface area (Å²) in [5, 5.41) is 0. The van der Waals surface area contributed by atoms with Crippen molar-refractivity contribution < 1.29 is 0 Å². The van der Waals surface area contributed by atoms with Gasteiger partial charge in [-0.25, -0.2) is 0 Å². The first kappa shape index (κ1) is 10.9. The molecule has 1 atom stereocenters. The molecule has 3 heteroatoms. The Morgan fingerprint density at radius 1 is 1.62 bits per heavy atom. The lowest BCUT2D eigenvalue weighted by atomic mass is 10.3. The summed E-state index contributed by atoms with van der Waals surface area (Å²) >= 11 is 7.59. The van der Waals surface area contributed by atoms with E-state index in [1.54, 1.807) is 0 Å². The molecule has 1 aromatic heterocycles. The van der Waals surface area contributed by atoms with E-state index in [1.165, 1.54) is 10.5 Å². The van der Waals surface area contributed by atoms with Gasteiger partial charge in [0.1, 0.15) is 0 Å². The SMILES string of the molecule is Cc1cnccc1SCC(C)CCl. The van der Waals surface area contributed by atoms with E-state index in [0.717, 1.165) is 11.6 Å². The molecule has 0 N–H and O–H groups in total. The van der Waals surface area contributed by atoms with Crippen LogP contribution in [0.3, 0.4) is 0 Å². The molecule has 0 amide bonds. The number of thioether (sulfide) groups is 1. The zero-order valence-electron chi connectivity index (χ0n) is 7.96. The number of rotatable bonds is 4. The highest BCUT2D eigenvalue weighted by Crippen LogP contribution is 2.23. The Morgan fingerprint density at radius 2 is 2.38 bits per heavy atom. The Labute approximate surface area is 88.9 Å². The van der Waals surface area contributed by atoms with Crippen molar-refractivity contribution in [2.24, 2.45) is 5.92 Å². The second-order valence-electron chi connectivity index (χ2n) is 3.21. The van der Waals surface area contributed by atoms with E-state index < -0.39 is 0 Å². The van der Waals surface area contributed by atoms with Gasteiger partial charge in [-0.3, -0.25) is 4.98 Å². The summed E-state index contributed by atoms with van der Waals surface area (Å²) in [4.78, 5) is 5.36. The molecule has 0 aromatic carbocycles. The monoisotopic (exact) mass is 215 g/mol. The van der Waals surface area contributed by atoms with Crippen molar-refractivity contribution >= 4 is 23.4 Å². The number of aromatic nitrogens is 1. The van der Waals surface area contributed by atoms with Crippen LogP contribution >= 0.6 is 23.4 Å². The van der Waals surface area contributed by atoms with Gasteiger partial charge < -0.3 is 0 Å². The zero-order chi connectivity index (χ0) is 9.68. The van der Waals surface area contributed by atoms with E-state index in [2.05, 4.69) is 24.9 Å². The largest absolute Gasteiger partial charge is 0.264 e. The summed E-state index contributed by atoms with van der Waals surface area (Å²) in [7, 11) is 0. The molecule has 0 aliphatic rings. The average molecular weight is 216 g/mol. The van der Waals surface area contributed by atoms with Gasteiger partial charge in [0.05, 0.1) is 0 Å². The van der Waals surface area contributed by atoms with Gasteiger partial charge in [-0.05, 0) is 24.5 Å². The molecule has 0 bridgehead atoms. The number of hydrogen-bond acceptors (Lipinski definition) is 2. The molecular formula is C10H14ClNS. The second kappa shape index (κ2) is 5.51. The maximum Gasteiger partial charge on any atom is 0.0308 e. The van der Waals surface area contributed by atoms with Crippen LogP contribution in [0.25, 0.3) is 0 Å². The van der Waals surface area contributed by atoms with Gasteiger partial charge in [0.25, 0.3) is 0 Å². The molecule has 1 rings (SSSR count). The topological polar surface area (TPSA) is 12.9 Å². The molecule has 1 unspecified atom stereocenters. The molecule has 0 saturated heterocycles. The fourth-order valence-electron chi connectivity index (χ4n) is 0.899. The number of nitrogens with zero attached hydrogens (tertiary/aromatic N) is 1. The Hall–Kier alpha value is -0.210. The van der Waals surface area contributed by atoms with Gasteiger partial charge in [0.15, 0.2) is 0 Å². The molecule has 0 aliphatic carbocycles. The molecule has 0 aliphatic heterocycles. The first-order valence-electron chi connectivity index (χ1n) is 4.33. The summed E-state index contributed by atoms with van der Waals surface area (Å²) in [6.07, 6.45) is 3.73. The quantitative estimate of drug-likeness (QED) is 0.565. The van der Waals surface area contributed by atoms with Crippen LogP contribution in [0.4, 0.5) is 0 Å². The molecule has 1 aromatic rings. The lowest BCUT2D eigenvalue weighted by molar-refractivity contribution is 0.759. The van der Waals surface area contributed by atoms with Crippen LogP contribution in [0, 0.1) is 12.8 Å². The van der Waals surface area contributed by atoms with E-state index in [-0.39, 0.29) is 0 Å². The van der Waals surface area contributed by atoms with E-state index in [9.17, 15) is 0 Å². The Kier molecular flexibility index (Phi) is 4.60. The highest BCUT2D eigenvalue weighted by molar-refractivity contribution is 7.99. The maximum atomic E-state index is 5.73. The molecule has 0 saturated carbocycles. The standard InChI is InChI=1S/C10H14ClNS/c1-8(5-11)7-13-10-3-4-12-6-9(10)2/h3-4,6,8H,5,7H2,1-2H3. The molecule has 72 valence electrons. The van der Waals surface area contributed by atoms with Gasteiger partial charge >= 0.3 is 0 Å². The van der Waals surface area contributed by atoms with Crippen molar-refractivity contribution in [1.82, 2.24) is 4.98 Å². The van der Waals surface area contributed by atoms with Crippen LogP contribution in [-0.2, 0) is 0 Å². The number of aryl methyl sites for hydroxylation is 1. The fourth-order valence-corrected chi connectivity index (χ4v) is 2.16. The third-order valence-corrected chi connectivity index (χ3v) is 3.79. The molecule has 1 nitrogen and oxygen atoms in total. The third kappa shape index (κ3) is 3.57. The summed E-state index contributed by atoms with van der Waals surface area (Å²) < 4.78 is 0. The van der Waals surface area contributed by atoms with Crippen LogP contribution < -0.4 is 0 Å². The molecule has 1 heterocycles. The minimum absolute atomic E-state index is 0.569. The number of pyridine rings is 1. The highest BCUT2D eigenvalue weighted by Gasteiger charge is 2.02. The van der Waals surface area contributed by atoms with Gasteiger partial charge in [-0.15, -0.1) is 23.4 Å². The first-order chi connectivity index (χ1) is 6.24. The van der Waals surface area contributed by atoms with Crippen LogP contribution in [0.1, 0.15) is 12.5 Å². The van der Waals surface area contributed by atoms with E-state index in [4.69, 9.17) is 11.6 Å². The zero-order valence-corrected chi connectivity index (χ0v) is 9.53. The van der Waals surface area contributed by atoms with Crippen LogP contribution in [0.2, 0.25) is 0 Å². The molecule has 13 heavy (non-hydrogen) atoms. The number of halogens is 1.